The number of ketones is 1. The maximum absolute atomic E-state index is 11.4. The molecule has 0 radical (unpaired) electrons. The first kappa shape index (κ1) is 11.6. The Labute approximate surface area is 96.2 Å². The van der Waals surface area contributed by atoms with Crippen molar-refractivity contribution >= 4 is 11.7 Å². The molecule has 0 spiro atoms. The zero-order chi connectivity index (χ0) is 11.5. The fourth-order valence-corrected chi connectivity index (χ4v) is 2.95. The number of rotatable bonds is 2. The molecule has 1 atom stereocenters. The molecule has 1 amide bonds. The second kappa shape index (κ2) is 4.95. The Morgan fingerprint density at radius 3 is 2.50 bits per heavy atom. The van der Waals surface area contributed by atoms with Crippen LogP contribution in [-0.2, 0) is 9.59 Å². The Morgan fingerprint density at radius 2 is 1.88 bits per heavy atom. The molecule has 0 aromatic carbocycles. The first-order chi connectivity index (χ1) is 7.68. The maximum atomic E-state index is 11.4. The molecule has 0 aromatic heterocycles. The van der Waals surface area contributed by atoms with Gasteiger partial charge in [-0.1, -0.05) is 6.42 Å². The van der Waals surface area contributed by atoms with Crippen molar-refractivity contribution in [3.63, 3.8) is 0 Å². The van der Waals surface area contributed by atoms with Gasteiger partial charge in [0.1, 0.15) is 5.78 Å². The van der Waals surface area contributed by atoms with Gasteiger partial charge >= 0.3 is 0 Å². The second-order valence-corrected chi connectivity index (χ2v) is 4.92. The van der Waals surface area contributed by atoms with Crippen LogP contribution in [0.4, 0.5) is 0 Å². The highest BCUT2D eigenvalue weighted by Crippen LogP contribution is 2.27. The molecule has 1 aliphatic heterocycles. The van der Waals surface area contributed by atoms with E-state index < -0.39 is 0 Å². The minimum Gasteiger partial charge on any atom is -0.368 e. The lowest BCUT2D eigenvalue weighted by Crippen LogP contribution is -2.53. The molecule has 2 aliphatic rings. The summed E-state index contributed by atoms with van der Waals surface area (Å²) in [5.41, 5.74) is 5.44. The summed E-state index contributed by atoms with van der Waals surface area (Å²) in [4.78, 5) is 24.8. The Balaban J connectivity index is 2.00. The molecule has 1 saturated carbocycles. The fourth-order valence-electron chi connectivity index (χ4n) is 2.95. The normalized spacial score (nSPS) is 29.2. The van der Waals surface area contributed by atoms with Crippen molar-refractivity contribution < 1.29 is 9.59 Å². The van der Waals surface area contributed by atoms with Crippen molar-refractivity contribution in [3.05, 3.63) is 0 Å². The van der Waals surface area contributed by atoms with E-state index in [9.17, 15) is 9.59 Å². The van der Waals surface area contributed by atoms with Crippen LogP contribution < -0.4 is 5.73 Å². The van der Waals surface area contributed by atoms with Crippen LogP contribution in [0.3, 0.4) is 0 Å². The third kappa shape index (κ3) is 2.43. The number of likely N-dealkylation sites (tertiary alicyclic amines) is 1. The molecule has 1 saturated heterocycles. The monoisotopic (exact) mass is 224 g/mol. The van der Waals surface area contributed by atoms with Crippen LogP contribution in [0.5, 0.6) is 0 Å². The summed E-state index contributed by atoms with van der Waals surface area (Å²) in [5, 5.41) is 0. The van der Waals surface area contributed by atoms with Crippen molar-refractivity contribution in [1.82, 2.24) is 4.90 Å². The summed E-state index contributed by atoms with van der Waals surface area (Å²) < 4.78 is 0. The minimum atomic E-state index is -0.198. The van der Waals surface area contributed by atoms with E-state index in [1.165, 1.54) is 0 Å². The highest BCUT2D eigenvalue weighted by molar-refractivity contribution is 5.80. The van der Waals surface area contributed by atoms with Gasteiger partial charge in [-0.3, -0.25) is 14.5 Å². The highest BCUT2D eigenvalue weighted by atomic mass is 16.1. The number of Topliss-reactive ketones (excluding diaryl/α,β-unsaturated/α-hetero) is 1. The van der Waals surface area contributed by atoms with E-state index in [-0.39, 0.29) is 11.9 Å². The Morgan fingerprint density at radius 1 is 1.19 bits per heavy atom. The largest absolute Gasteiger partial charge is 0.368 e. The smallest absolute Gasteiger partial charge is 0.234 e. The van der Waals surface area contributed by atoms with Crippen LogP contribution in [0.25, 0.3) is 0 Å². The zero-order valence-electron chi connectivity index (χ0n) is 9.65. The van der Waals surface area contributed by atoms with Gasteiger partial charge < -0.3 is 5.73 Å². The highest BCUT2D eigenvalue weighted by Gasteiger charge is 2.33. The average Bonchev–Trinajstić information content (AvgIpc) is 2.30. The van der Waals surface area contributed by atoms with Crippen LogP contribution in [0.1, 0.15) is 44.9 Å². The van der Waals surface area contributed by atoms with Gasteiger partial charge in [0.15, 0.2) is 0 Å². The van der Waals surface area contributed by atoms with E-state index in [2.05, 4.69) is 4.90 Å². The van der Waals surface area contributed by atoms with Gasteiger partial charge in [0.25, 0.3) is 0 Å². The molecule has 1 aliphatic carbocycles. The molecule has 2 fully saturated rings. The number of primary amides is 1. The lowest BCUT2D eigenvalue weighted by atomic mass is 9.89. The van der Waals surface area contributed by atoms with Crippen molar-refractivity contribution in [3.8, 4) is 0 Å². The summed E-state index contributed by atoms with van der Waals surface area (Å²) in [6, 6.07) is 0.308. The molecule has 16 heavy (non-hydrogen) atoms. The first-order valence-corrected chi connectivity index (χ1v) is 6.25. The van der Waals surface area contributed by atoms with E-state index in [0.29, 0.717) is 24.7 Å². The lowest BCUT2D eigenvalue weighted by molar-refractivity contribution is -0.127. The Kier molecular flexibility index (Phi) is 3.59. The van der Waals surface area contributed by atoms with Crippen molar-refractivity contribution in [2.45, 2.75) is 57.0 Å². The van der Waals surface area contributed by atoms with Crippen LogP contribution >= 0.6 is 0 Å². The molecule has 4 heteroatoms. The molecule has 2 rings (SSSR count). The molecule has 2 N–H and O–H groups in total. The topological polar surface area (TPSA) is 63.4 Å². The van der Waals surface area contributed by atoms with Crippen LogP contribution in [0.2, 0.25) is 0 Å². The number of carbonyl (C=O) groups is 2. The number of amides is 1. The number of hydrogen-bond donors (Lipinski definition) is 1. The first-order valence-electron chi connectivity index (χ1n) is 6.25. The zero-order valence-corrected chi connectivity index (χ0v) is 9.65. The molecule has 1 unspecified atom stereocenters. The second-order valence-electron chi connectivity index (χ2n) is 4.92. The van der Waals surface area contributed by atoms with Crippen LogP contribution in [0, 0.1) is 0 Å². The Hall–Kier alpha value is -0.900. The predicted octanol–water partition coefficient (Wildman–Crippen LogP) is 0.838. The minimum absolute atomic E-state index is 0.0908. The molecular weight excluding hydrogens is 204 g/mol. The molecule has 1 heterocycles. The van der Waals surface area contributed by atoms with E-state index >= 15 is 0 Å². The van der Waals surface area contributed by atoms with Gasteiger partial charge in [-0.25, -0.2) is 0 Å². The summed E-state index contributed by atoms with van der Waals surface area (Å²) in [6.07, 6.45) is 6.29. The summed E-state index contributed by atoms with van der Waals surface area (Å²) in [5.74, 6) is 0.167. The molecule has 4 nitrogen and oxygen atoms in total. The quantitative estimate of drug-likeness (QED) is 0.756. The van der Waals surface area contributed by atoms with E-state index in [1.807, 2.05) is 0 Å². The van der Waals surface area contributed by atoms with Crippen LogP contribution in [-0.4, -0.2) is 35.2 Å². The molecular formula is C12H20N2O2. The third-order valence-electron chi connectivity index (χ3n) is 3.85. The predicted molar refractivity (Wildman–Crippen MR) is 60.8 cm³/mol. The molecule has 0 aromatic rings. The fraction of sp³-hybridized carbons (Fsp3) is 0.833. The average molecular weight is 224 g/mol. The van der Waals surface area contributed by atoms with Crippen molar-refractivity contribution in [2.24, 2.45) is 5.73 Å². The van der Waals surface area contributed by atoms with E-state index in [1.54, 1.807) is 0 Å². The third-order valence-corrected chi connectivity index (χ3v) is 3.85. The standard InChI is InChI=1S/C12H20N2O2/c13-12(16)11-3-1-2-8-14(11)9-4-6-10(15)7-5-9/h9,11H,1-8H2,(H2,13,16). The van der Waals surface area contributed by atoms with Gasteiger partial charge in [0.05, 0.1) is 6.04 Å². The Bertz CT molecular complexity index is 281. The van der Waals surface area contributed by atoms with Crippen molar-refractivity contribution in [1.29, 1.82) is 0 Å². The number of nitrogens with zero attached hydrogens (tertiary/aromatic N) is 1. The maximum Gasteiger partial charge on any atom is 0.234 e. The van der Waals surface area contributed by atoms with Gasteiger partial charge in [0.2, 0.25) is 5.91 Å². The SMILES string of the molecule is NC(=O)C1CCCCN1C1CCC(=O)CC1. The van der Waals surface area contributed by atoms with E-state index in [0.717, 1.165) is 38.6 Å². The van der Waals surface area contributed by atoms with E-state index in [4.69, 9.17) is 5.73 Å². The molecule has 90 valence electrons. The van der Waals surface area contributed by atoms with Crippen molar-refractivity contribution in [2.75, 3.05) is 6.54 Å². The summed E-state index contributed by atoms with van der Waals surface area (Å²) in [6.45, 7) is 0.965. The number of hydrogen-bond acceptors (Lipinski definition) is 3. The van der Waals surface area contributed by atoms with Crippen LogP contribution in [0.15, 0.2) is 0 Å². The number of piperidine rings is 1. The number of carbonyl (C=O) groups excluding carboxylic acids is 2. The van der Waals surface area contributed by atoms with Gasteiger partial charge in [-0.05, 0) is 32.2 Å². The number of nitrogens with two attached hydrogens (primary N) is 1. The van der Waals surface area contributed by atoms with Gasteiger partial charge in [-0.15, -0.1) is 0 Å². The molecule has 0 bridgehead atoms. The summed E-state index contributed by atoms with van der Waals surface area (Å²) >= 11 is 0. The summed E-state index contributed by atoms with van der Waals surface area (Å²) in [7, 11) is 0. The van der Waals surface area contributed by atoms with Gasteiger partial charge in [0, 0.05) is 18.9 Å². The van der Waals surface area contributed by atoms with Gasteiger partial charge in [-0.2, -0.15) is 0 Å². The lowest BCUT2D eigenvalue weighted by Gasteiger charge is -2.41.